The highest BCUT2D eigenvalue weighted by molar-refractivity contribution is 6.31. The van der Waals surface area contributed by atoms with Crippen LogP contribution < -0.4 is 5.32 Å². The third kappa shape index (κ3) is 4.26. The summed E-state index contributed by atoms with van der Waals surface area (Å²) in [6.45, 7) is -0.739. The summed E-state index contributed by atoms with van der Waals surface area (Å²) in [5.41, 5.74) is -0.961. The number of ether oxygens (including phenoxy) is 1. The smallest absolute Gasteiger partial charge is 0.345 e. The summed E-state index contributed by atoms with van der Waals surface area (Å²) in [6.07, 6.45) is 0. The van der Waals surface area contributed by atoms with Crippen LogP contribution in [0.1, 0.15) is 10.4 Å². The molecule has 0 bridgehead atoms. The molecule has 1 N–H and O–H groups in total. The second-order valence-corrected chi connectivity index (χ2v) is 4.96. The molecule has 0 aliphatic rings. The molecule has 2 aromatic carbocycles. The van der Waals surface area contributed by atoms with Gasteiger partial charge >= 0.3 is 5.97 Å². The SMILES string of the molecule is O=C(COC(=O)c1cc(Cl)ccc1[N+](=O)[O-])Nc1ccccc1F. The second-order valence-electron chi connectivity index (χ2n) is 4.52. The first-order chi connectivity index (χ1) is 11.4. The number of amides is 1. The van der Waals surface area contributed by atoms with E-state index in [1.807, 2.05) is 0 Å². The largest absolute Gasteiger partial charge is 0.452 e. The van der Waals surface area contributed by atoms with E-state index < -0.39 is 34.9 Å². The summed E-state index contributed by atoms with van der Waals surface area (Å²) in [5.74, 6) is -2.53. The van der Waals surface area contributed by atoms with Crippen LogP contribution in [0.2, 0.25) is 5.02 Å². The van der Waals surface area contributed by atoms with E-state index in [2.05, 4.69) is 5.32 Å². The fourth-order valence-corrected chi connectivity index (χ4v) is 1.96. The van der Waals surface area contributed by atoms with Gasteiger partial charge in [0.15, 0.2) is 6.61 Å². The van der Waals surface area contributed by atoms with E-state index in [4.69, 9.17) is 16.3 Å². The number of nitro benzene ring substituents is 1. The Morgan fingerprint density at radius 3 is 2.62 bits per heavy atom. The molecular weight excluding hydrogens is 343 g/mol. The molecule has 0 saturated carbocycles. The maximum Gasteiger partial charge on any atom is 0.345 e. The average Bonchev–Trinajstić information content (AvgIpc) is 2.54. The Labute approximate surface area is 140 Å². The molecule has 2 aromatic rings. The molecule has 1 amide bonds. The zero-order valence-electron chi connectivity index (χ0n) is 12.0. The first-order valence-corrected chi connectivity index (χ1v) is 6.91. The van der Waals surface area contributed by atoms with Crippen LogP contribution in [0.15, 0.2) is 42.5 Å². The van der Waals surface area contributed by atoms with Crippen molar-refractivity contribution in [1.29, 1.82) is 0 Å². The number of halogens is 2. The standard InChI is InChI=1S/C15H10ClFN2O5/c16-9-5-6-13(19(22)23)10(7-9)15(21)24-8-14(20)18-12-4-2-1-3-11(12)17/h1-7H,8H2,(H,18,20). The molecule has 0 aliphatic carbocycles. The third-order valence-electron chi connectivity index (χ3n) is 2.86. The first-order valence-electron chi connectivity index (χ1n) is 6.54. The molecule has 2 rings (SSSR count). The number of hydrogen-bond donors (Lipinski definition) is 1. The number of rotatable bonds is 5. The van der Waals surface area contributed by atoms with E-state index in [0.717, 1.165) is 18.2 Å². The summed E-state index contributed by atoms with van der Waals surface area (Å²) in [4.78, 5) is 33.7. The van der Waals surface area contributed by atoms with Crippen LogP contribution in [0, 0.1) is 15.9 Å². The molecule has 9 heteroatoms. The third-order valence-corrected chi connectivity index (χ3v) is 3.09. The van der Waals surface area contributed by atoms with Crippen molar-refractivity contribution >= 4 is 34.9 Å². The van der Waals surface area contributed by atoms with Gasteiger partial charge in [-0.25, -0.2) is 9.18 Å². The molecule has 0 saturated heterocycles. The predicted molar refractivity (Wildman–Crippen MR) is 83.4 cm³/mol. The van der Waals surface area contributed by atoms with Crippen LogP contribution in [0.3, 0.4) is 0 Å². The number of nitrogens with one attached hydrogen (secondary N) is 1. The number of esters is 1. The Morgan fingerprint density at radius 2 is 1.96 bits per heavy atom. The number of para-hydroxylation sites is 1. The molecule has 0 aliphatic heterocycles. The van der Waals surface area contributed by atoms with Crippen molar-refractivity contribution in [2.45, 2.75) is 0 Å². The molecule has 24 heavy (non-hydrogen) atoms. The summed E-state index contributed by atoms with van der Waals surface area (Å²) < 4.78 is 18.1. The minimum Gasteiger partial charge on any atom is -0.452 e. The Kier molecular flexibility index (Phi) is 5.43. The zero-order valence-corrected chi connectivity index (χ0v) is 12.7. The lowest BCUT2D eigenvalue weighted by molar-refractivity contribution is -0.385. The monoisotopic (exact) mass is 352 g/mol. The zero-order chi connectivity index (χ0) is 17.7. The molecule has 0 fully saturated rings. The predicted octanol–water partition coefficient (Wildman–Crippen LogP) is 3.18. The highest BCUT2D eigenvalue weighted by Gasteiger charge is 2.22. The number of nitrogens with zero attached hydrogens (tertiary/aromatic N) is 1. The van der Waals surface area contributed by atoms with Crippen LogP contribution in [-0.2, 0) is 9.53 Å². The van der Waals surface area contributed by atoms with E-state index in [-0.39, 0.29) is 16.3 Å². The van der Waals surface area contributed by atoms with Crippen LogP contribution in [0.25, 0.3) is 0 Å². The Morgan fingerprint density at radius 1 is 1.25 bits per heavy atom. The number of carbonyl (C=O) groups excluding carboxylic acids is 2. The minimum absolute atomic E-state index is 0.0766. The first kappa shape index (κ1) is 17.4. The van der Waals surface area contributed by atoms with Gasteiger partial charge in [-0.2, -0.15) is 0 Å². The van der Waals surface area contributed by atoms with Gasteiger partial charge in [-0.1, -0.05) is 23.7 Å². The van der Waals surface area contributed by atoms with Gasteiger partial charge in [0.05, 0.1) is 10.6 Å². The summed E-state index contributed by atoms with van der Waals surface area (Å²) >= 11 is 5.70. The highest BCUT2D eigenvalue weighted by atomic mass is 35.5. The molecule has 0 unspecified atom stereocenters. The van der Waals surface area contributed by atoms with Crippen molar-refractivity contribution in [2.24, 2.45) is 0 Å². The molecule has 0 aromatic heterocycles. The van der Waals surface area contributed by atoms with Gasteiger partial charge in [0, 0.05) is 11.1 Å². The van der Waals surface area contributed by atoms with Crippen LogP contribution in [0.4, 0.5) is 15.8 Å². The maximum atomic E-state index is 13.4. The maximum absolute atomic E-state index is 13.4. The molecular formula is C15H10ClFN2O5. The van der Waals surface area contributed by atoms with Crippen molar-refractivity contribution in [2.75, 3.05) is 11.9 Å². The number of nitro groups is 1. The second kappa shape index (κ2) is 7.51. The number of benzene rings is 2. The summed E-state index contributed by atoms with van der Waals surface area (Å²) in [7, 11) is 0. The van der Waals surface area contributed by atoms with Gasteiger partial charge in [0.1, 0.15) is 11.4 Å². The number of anilines is 1. The Hall–Kier alpha value is -3.00. The van der Waals surface area contributed by atoms with E-state index in [1.165, 1.54) is 24.3 Å². The number of carbonyl (C=O) groups is 2. The van der Waals surface area contributed by atoms with Gasteiger partial charge in [-0.15, -0.1) is 0 Å². The van der Waals surface area contributed by atoms with Crippen molar-refractivity contribution < 1.29 is 23.6 Å². The summed E-state index contributed by atoms with van der Waals surface area (Å²) in [5, 5.41) is 13.2. The lowest BCUT2D eigenvalue weighted by Gasteiger charge is -2.07. The van der Waals surface area contributed by atoms with Crippen molar-refractivity contribution in [3.8, 4) is 0 Å². The van der Waals surface area contributed by atoms with Crippen molar-refractivity contribution in [1.82, 2.24) is 0 Å². The Bertz CT molecular complexity index is 812. The van der Waals surface area contributed by atoms with Gasteiger partial charge in [0.25, 0.3) is 11.6 Å². The normalized spacial score (nSPS) is 10.1. The highest BCUT2D eigenvalue weighted by Crippen LogP contribution is 2.23. The molecule has 0 heterocycles. The quantitative estimate of drug-likeness (QED) is 0.506. The molecule has 0 atom stereocenters. The van der Waals surface area contributed by atoms with E-state index in [9.17, 15) is 24.1 Å². The summed E-state index contributed by atoms with van der Waals surface area (Å²) in [6, 6.07) is 8.81. The lowest BCUT2D eigenvalue weighted by Crippen LogP contribution is -2.21. The average molecular weight is 353 g/mol. The Balaban J connectivity index is 2.03. The van der Waals surface area contributed by atoms with Crippen molar-refractivity contribution in [3.05, 3.63) is 69.0 Å². The van der Waals surface area contributed by atoms with Crippen LogP contribution in [-0.4, -0.2) is 23.4 Å². The fourth-order valence-electron chi connectivity index (χ4n) is 1.79. The fraction of sp³-hybridized carbons (Fsp3) is 0.0667. The van der Waals surface area contributed by atoms with Crippen molar-refractivity contribution in [3.63, 3.8) is 0 Å². The molecule has 0 radical (unpaired) electrons. The van der Waals surface area contributed by atoms with E-state index in [1.54, 1.807) is 0 Å². The molecule has 124 valence electrons. The minimum atomic E-state index is -1.09. The van der Waals surface area contributed by atoms with E-state index >= 15 is 0 Å². The molecule has 7 nitrogen and oxygen atoms in total. The van der Waals surface area contributed by atoms with Gasteiger partial charge in [-0.05, 0) is 24.3 Å². The molecule has 0 spiro atoms. The van der Waals surface area contributed by atoms with Crippen LogP contribution in [0.5, 0.6) is 0 Å². The number of hydrogen-bond acceptors (Lipinski definition) is 5. The van der Waals surface area contributed by atoms with Gasteiger partial charge in [0.2, 0.25) is 0 Å². The lowest BCUT2D eigenvalue weighted by atomic mass is 10.2. The van der Waals surface area contributed by atoms with Crippen LogP contribution >= 0.6 is 11.6 Å². The van der Waals surface area contributed by atoms with E-state index in [0.29, 0.717) is 0 Å². The van der Waals surface area contributed by atoms with Gasteiger partial charge in [-0.3, -0.25) is 14.9 Å². The topological polar surface area (TPSA) is 98.5 Å². The van der Waals surface area contributed by atoms with Gasteiger partial charge < -0.3 is 10.1 Å².